The maximum atomic E-state index is 10.3. The number of anilines is 1. The van der Waals surface area contributed by atoms with Crippen molar-refractivity contribution in [1.82, 2.24) is 19.5 Å². The number of ether oxygens (including phenoxy) is 1. The van der Waals surface area contributed by atoms with Crippen molar-refractivity contribution >= 4 is 17.0 Å². The number of fused-ring (bicyclic) bond motifs is 1. The van der Waals surface area contributed by atoms with Gasteiger partial charge in [0.1, 0.15) is 24.6 Å². The lowest BCUT2D eigenvalue weighted by Crippen LogP contribution is -2.33. The van der Waals surface area contributed by atoms with Crippen LogP contribution in [0.3, 0.4) is 0 Å². The molecule has 9 nitrogen and oxygen atoms in total. The molecule has 0 bridgehead atoms. The SMILES string of the molecule is CCCCCCCCCCCNc1ncnc2c1ncn2C1OC(CO)C(O)C1O. The zero-order chi connectivity index (χ0) is 21.3. The van der Waals surface area contributed by atoms with E-state index in [0.717, 1.165) is 13.0 Å². The van der Waals surface area contributed by atoms with Crippen molar-refractivity contribution in [3.8, 4) is 0 Å². The number of nitrogens with one attached hydrogen (secondary N) is 1. The Bertz CT molecular complexity index is 771. The molecule has 9 heteroatoms. The molecule has 0 radical (unpaired) electrons. The maximum Gasteiger partial charge on any atom is 0.167 e. The Hall–Kier alpha value is -1.81. The first-order valence-corrected chi connectivity index (χ1v) is 11.2. The van der Waals surface area contributed by atoms with Gasteiger partial charge in [-0.3, -0.25) is 4.57 Å². The fourth-order valence-electron chi connectivity index (χ4n) is 3.92. The number of unbranched alkanes of at least 4 members (excludes halogenated alkanes) is 8. The number of aliphatic hydroxyl groups excluding tert-OH is 3. The molecule has 0 spiro atoms. The number of aromatic nitrogens is 4. The van der Waals surface area contributed by atoms with E-state index in [1.54, 1.807) is 4.57 Å². The van der Waals surface area contributed by atoms with Gasteiger partial charge < -0.3 is 25.4 Å². The monoisotopic (exact) mass is 421 g/mol. The third-order valence-electron chi connectivity index (χ3n) is 5.72. The molecular weight excluding hydrogens is 386 g/mol. The van der Waals surface area contributed by atoms with Crippen LogP contribution in [0.25, 0.3) is 11.2 Å². The molecule has 1 saturated heterocycles. The van der Waals surface area contributed by atoms with Gasteiger partial charge in [0, 0.05) is 6.54 Å². The van der Waals surface area contributed by atoms with Crippen LogP contribution in [-0.4, -0.2) is 66.3 Å². The molecule has 1 aliphatic heterocycles. The molecule has 3 rings (SSSR count). The fourth-order valence-corrected chi connectivity index (χ4v) is 3.92. The van der Waals surface area contributed by atoms with E-state index in [0.29, 0.717) is 17.0 Å². The van der Waals surface area contributed by atoms with Crippen molar-refractivity contribution in [2.45, 2.75) is 89.3 Å². The van der Waals surface area contributed by atoms with Gasteiger partial charge in [0.15, 0.2) is 23.2 Å². The van der Waals surface area contributed by atoms with E-state index >= 15 is 0 Å². The number of rotatable bonds is 13. The van der Waals surface area contributed by atoms with Crippen LogP contribution in [0.4, 0.5) is 5.82 Å². The summed E-state index contributed by atoms with van der Waals surface area (Å²) in [6.45, 7) is 2.68. The Morgan fingerprint density at radius 1 is 0.967 bits per heavy atom. The molecular formula is C21H35N5O4. The molecule has 0 saturated carbocycles. The van der Waals surface area contributed by atoms with E-state index in [9.17, 15) is 15.3 Å². The average Bonchev–Trinajstić information content (AvgIpc) is 3.31. The Morgan fingerprint density at radius 2 is 1.67 bits per heavy atom. The predicted octanol–water partition coefficient (Wildman–Crippen LogP) is 2.38. The molecule has 30 heavy (non-hydrogen) atoms. The number of imidazole rings is 1. The first-order chi connectivity index (χ1) is 14.7. The highest BCUT2D eigenvalue weighted by atomic mass is 16.6. The van der Waals surface area contributed by atoms with Gasteiger partial charge in [-0.15, -0.1) is 0 Å². The van der Waals surface area contributed by atoms with Gasteiger partial charge in [0.05, 0.1) is 12.9 Å². The van der Waals surface area contributed by atoms with E-state index in [4.69, 9.17) is 4.74 Å². The van der Waals surface area contributed by atoms with Crippen molar-refractivity contribution in [2.24, 2.45) is 0 Å². The third-order valence-corrected chi connectivity index (χ3v) is 5.72. The Morgan fingerprint density at radius 3 is 2.33 bits per heavy atom. The molecule has 4 atom stereocenters. The highest BCUT2D eigenvalue weighted by molar-refractivity contribution is 5.82. The maximum absolute atomic E-state index is 10.3. The van der Waals surface area contributed by atoms with Crippen LogP contribution in [0, 0.1) is 0 Å². The molecule has 4 N–H and O–H groups in total. The van der Waals surface area contributed by atoms with E-state index in [-0.39, 0.29) is 6.61 Å². The molecule has 4 unspecified atom stereocenters. The Kier molecular flexibility index (Phi) is 8.80. The first-order valence-electron chi connectivity index (χ1n) is 11.2. The van der Waals surface area contributed by atoms with Gasteiger partial charge in [0.25, 0.3) is 0 Å². The molecule has 0 amide bonds. The highest BCUT2D eigenvalue weighted by Crippen LogP contribution is 2.32. The lowest BCUT2D eigenvalue weighted by atomic mass is 10.1. The van der Waals surface area contributed by atoms with Crippen molar-refractivity contribution in [3.05, 3.63) is 12.7 Å². The van der Waals surface area contributed by atoms with Crippen LogP contribution >= 0.6 is 0 Å². The van der Waals surface area contributed by atoms with Gasteiger partial charge in [-0.2, -0.15) is 0 Å². The van der Waals surface area contributed by atoms with E-state index in [1.807, 2.05) is 0 Å². The summed E-state index contributed by atoms with van der Waals surface area (Å²) >= 11 is 0. The van der Waals surface area contributed by atoms with E-state index < -0.39 is 24.5 Å². The first kappa shape index (κ1) is 22.9. The van der Waals surface area contributed by atoms with E-state index in [1.165, 1.54) is 64.0 Å². The Balaban J connectivity index is 1.49. The minimum atomic E-state index is -1.17. The fraction of sp³-hybridized carbons (Fsp3) is 0.762. The molecule has 0 aromatic carbocycles. The zero-order valence-corrected chi connectivity index (χ0v) is 17.8. The largest absolute Gasteiger partial charge is 0.394 e. The lowest BCUT2D eigenvalue weighted by molar-refractivity contribution is -0.0511. The van der Waals surface area contributed by atoms with Crippen molar-refractivity contribution in [2.75, 3.05) is 18.5 Å². The average molecular weight is 422 g/mol. The molecule has 0 aliphatic carbocycles. The quantitative estimate of drug-likeness (QED) is 0.363. The summed E-state index contributed by atoms with van der Waals surface area (Å²) in [5.74, 6) is 0.644. The highest BCUT2D eigenvalue weighted by Gasteiger charge is 2.44. The van der Waals surface area contributed by atoms with Crippen LogP contribution in [0.15, 0.2) is 12.7 Å². The second kappa shape index (κ2) is 11.5. The zero-order valence-electron chi connectivity index (χ0n) is 17.8. The van der Waals surface area contributed by atoms with Gasteiger partial charge in [0.2, 0.25) is 0 Å². The molecule has 3 heterocycles. The lowest BCUT2D eigenvalue weighted by Gasteiger charge is -2.16. The standard InChI is InChI=1S/C21H35N5O4/c1-2-3-4-5-6-7-8-9-10-11-22-19-16-20(24-13-23-19)26(14-25-16)21-18(29)17(28)15(12-27)30-21/h13-15,17-18,21,27-29H,2-12H2,1H3,(H,22,23,24). The van der Waals surface area contributed by atoms with Crippen molar-refractivity contribution < 1.29 is 20.1 Å². The second-order valence-corrected chi connectivity index (χ2v) is 8.03. The number of nitrogens with zero attached hydrogens (tertiary/aromatic N) is 4. The van der Waals surface area contributed by atoms with E-state index in [2.05, 4.69) is 27.2 Å². The summed E-state index contributed by atoms with van der Waals surface area (Å²) in [6, 6.07) is 0. The second-order valence-electron chi connectivity index (χ2n) is 8.03. The van der Waals surface area contributed by atoms with Gasteiger partial charge in [-0.05, 0) is 6.42 Å². The van der Waals surface area contributed by atoms with Crippen molar-refractivity contribution in [1.29, 1.82) is 0 Å². The van der Waals surface area contributed by atoms with Crippen LogP contribution in [0.2, 0.25) is 0 Å². The third kappa shape index (κ3) is 5.46. The summed E-state index contributed by atoms with van der Waals surface area (Å²) < 4.78 is 7.16. The Labute approximate surface area is 177 Å². The minimum absolute atomic E-state index is 0.373. The van der Waals surface area contributed by atoms with Gasteiger partial charge >= 0.3 is 0 Å². The topological polar surface area (TPSA) is 126 Å². The van der Waals surface area contributed by atoms with Crippen LogP contribution in [0.5, 0.6) is 0 Å². The molecule has 2 aromatic rings. The summed E-state index contributed by atoms with van der Waals surface area (Å²) in [6.07, 6.45) is 10.4. The summed E-state index contributed by atoms with van der Waals surface area (Å²) in [5.41, 5.74) is 1.10. The molecule has 2 aromatic heterocycles. The predicted molar refractivity (Wildman–Crippen MR) is 114 cm³/mol. The minimum Gasteiger partial charge on any atom is -0.394 e. The van der Waals surface area contributed by atoms with Crippen LogP contribution in [0.1, 0.15) is 70.9 Å². The molecule has 1 aliphatic rings. The van der Waals surface area contributed by atoms with Gasteiger partial charge in [-0.1, -0.05) is 58.3 Å². The summed E-state index contributed by atoms with van der Waals surface area (Å²) in [4.78, 5) is 12.9. The summed E-state index contributed by atoms with van der Waals surface area (Å²) in [5, 5.41) is 32.9. The van der Waals surface area contributed by atoms with Crippen LogP contribution in [-0.2, 0) is 4.74 Å². The molecule has 1 fully saturated rings. The normalized spacial score (nSPS) is 24.0. The number of hydrogen-bond acceptors (Lipinski definition) is 8. The number of aliphatic hydroxyl groups is 3. The van der Waals surface area contributed by atoms with Crippen LogP contribution < -0.4 is 5.32 Å². The molecule has 168 valence electrons. The van der Waals surface area contributed by atoms with Gasteiger partial charge in [-0.25, -0.2) is 15.0 Å². The summed E-state index contributed by atoms with van der Waals surface area (Å²) in [7, 11) is 0. The number of hydrogen-bond donors (Lipinski definition) is 4. The van der Waals surface area contributed by atoms with Crippen molar-refractivity contribution in [3.63, 3.8) is 0 Å². The smallest absolute Gasteiger partial charge is 0.167 e.